The summed E-state index contributed by atoms with van der Waals surface area (Å²) >= 11 is 12.4. The summed E-state index contributed by atoms with van der Waals surface area (Å²) in [6.45, 7) is 0.643. The molecule has 8 heteroatoms. The predicted octanol–water partition coefficient (Wildman–Crippen LogP) is 5.14. The average molecular weight is 419 g/mol. The second-order valence-electron chi connectivity index (χ2n) is 6.95. The lowest BCUT2D eigenvalue weighted by atomic mass is 10.1. The minimum Gasteiger partial charge on any atom is -0.355 e. The van der Waals surface area contributed by atoms with Crippen LogP contribution in [0.2, 0.25) is 10.0 Å². The molecule has 0 saturated carbocycles. The van der Waals surface area contributed by atoms with Gasteiger partial charge in [0.1, 0.15) is 0 Å². The van der Waals surface area contributed by atoms with Crippen LogP contribution in [-0.2, 0) is 7.05 Å². The number of carbonyl (C=O) groups excluding carboxylic acids is 1. The van der Waals surface area contributed by atoms with E-state index in [1.807, 2.05) is 24.1 Å². The highest BCUT2D eigenvalue weighted by molar-refractivity contribution is 6.31. The molecule has 1 aromatic carbocycles. The Morgan fingerprint density at radius 3 is 2.82 bits per heavy atom. The van der Waals surface area contributed by atoms with Gasteiger partial charge in [0.15, 0.2) is 11.5 Å². The Morgan fingerprint density at radius 1 is 1.21 bits per heavy atom. The molecule has 0 spiro atoms. The molecule has 1 aliphatic rings. The van der Waals surface area contributed by atoms with Crippen molar-refractivity contribution in [2.45, 2.75) is 31.7 Å². The van der Waals surface area contributed by atoms with Crippen LogP contribution in [0.5, 0.6) is 0 Å². The van der Waals surface area contributed by atoms with Crippen LogP contribution in [0.4, 0.5) is 0 Å². The maximum Gasteiger partial charge on any atom is 0.276 e. The molecule has 0 unspecified atom stereocenters. The van der Waals surface area contributed by atoms with Crippen LogP contribution in [0.15, 0.2) is 41.1 Å². The Balaban J connectivity index is 1.65. The number of likely N-dealkylation sites (tertiary alicyclic amines) is 1. The highest BCUT2D eigenvalue weighted by atomic mass is 35.5. The van der Waals surface area contributed by atoms with Crippen LogP contribution in [0.3, 0.4) is 0 Å². The quantitative estimate of drug-likeness (QED) is 0.590. The van der Waals surface area contributed by atoms with Crippen molar-refractivity contribution in [3.05, 3.63) is 58.0 Å². The maximum atomic E-state index is 13.3. The molecule has 2 aromatic heterocycles. The van der Waals surface area contributed by atoms with Crippen molar-refractivity contribution in [3.63, 3.8) is 0 Å². The van der Waals surface area contributed by atoms with Crippen molar-refractivity contribution < 1.29 is 9.32 Å². The lowest BCUT2D eigenvalue weighted by Crippen LogP contribution is -2.36. The van der Waals surface area contributed by atoms with Crippen LogP contribution in [-0.4, -0.2) is 32.3 Å². The van der Waals surface area contributed by atoms with Crippen molar-refractivity contribution in [1.82, 2.24) is 19.8 Å². The largest absolute Gasteiger partial charge is 0.355 e. The Morgan fingerprint density at radius 2 is 2.07 bits per heavy atom. The number of rotatable bonds is 3. The lowest BCUT2D eigenvalue weighted by Gasteiger charge is -2.29. The molecular formula is C20H20Cl2N4O2. The minimum absolute atomic E-state index is 0.138. The van der Waals surface area contributed by atoms with E-state index in [0.29, 0.717) is 22.4 Å². The molecule has 28 heavy (non-hydrogen) atoms. The number of halogens is 2. The number of carbonyl (C=O) groups is 1. The van der Waals surface area contributed by atoms with Crippen LogP contribution < -0.4 is 0 Å². The minimum atomic E-state index is -0.166. The fourth-order valence-electron chi connectivity index (χ4n) is 3.73. The zero-order valence-corrected chi connectivity index (χ0v) is 17.0. The summed E-state index contributed by atoms with van der Waals surface area (Å²) in [6.07, 6.45) is 5.50. The third-order valence-corrected chi connectivity index (χ3v) is 5.63. The van der Waals surface area contributed by atoms with Crippen molar-refractivity contribution in [2.75, 3.05) is 6.54 Å². The van der Waals surface area contributed by atoms with E-state index >= 15 is 0 Å². The molecule has 1 atom stereocenters. The fraction of sp³-hybridized carbons (Fsp3) is 0.350. The summed E-state index contributed by atoms with van der Waals surface area (Å²) in [7, 11) is 1.85. The van der Waals surface area contributed by atoms with Crippen LogP contribution in [0.1, 0.15) is 47.9 Å². The third kappa shape index (κ3) is 3.66. The lowest BCUT2D eigenvalue weighted by molar-refractivity contribution is 0.0663. The van der Waals surface area contributed by atoms with E-state index in [1.54, 1.807) is 29.1 Å². The Bertz CT molecular complexity index is 978. The SMILES string of the molecule is Cn1ncc(Cl)c1[C@@H]1CCCCCN1C(=O)c1cc(-c2cccc(Cl)c2)on1. The van der Waals surface area contributed by atoms with E-state index in [1.165, 1.54) is 0 Å². The molecule has 3 heterocycles. The van der Waals surface area contributed by atoms with E-state index < -0.39 is 0 Å². The summed E-state index contributed by atoms with van der Waals surface area (Å²) in [5.41, 5.74) is 1.91. The number of hydrogen-bond donors (Lipinski definition) is 0. The smallest absolute Gasteiger partial charge is 0.276 e. The van der Waals surface area contributed by atoms with Gasteiger partial charge in [-0.2, -0.15) is 5.10 Å². The zero-order valence-electron chi connectivity index (χ0n) is 15.4. The molecule has 0 N–H and O–H groups in total. The normalized spacial score (nSPS) is 17.5. The molecule has 0 aliphatic carbocycles. The van der Waals surface area contributed by atoms with Crippen molar-refractivity contribution in [3.8, 4) is 11.3 Å². The molecule has 3 aromatic rings. The van der Waals surface area contributed by atoms with E-state index in [0.717, 1.165) is 36.9 Å². The van der Waals surface area contributed by atoms with E-state index in [4.69, 9.17) is 27.7 Å². The summed E-state index contributed by atoms with van der Waals surface area (Å²) in [4.78, 5) is 15.1. The maximum absolute atomic E-state index is 13.3. The molecule has 6 nitrogen and oxygen atoms in total. The molecule has 1 amide bonds. The van der Waals surface area contributed by atoms with Gasteiger partial charge in [-0.1, -0.05) is 53.3 Å². The zero-order chi connectivity index (χ0) is 19.7. The molecule has 0 bridgehead atoms. The first-order valence-electron chi connectivity index (χ1n) is 9.25. The summed E-state index contributed by atoms with van der Waals surface area (Å²) < 4.78 is 7.17. The molecule has 4 rings (SSSR count). The monoisotopic (exact) mass is 418 g/mol. The Hall–Kier alpha value is -2.31. The van der Waals surface area contributed by atoms with Gasteiger partial charge in [0.05, 0.1) is 23.0 Å². The van der Waals surface area contributed by atoms with Crippen molar-refractivity contribution in [2.24, 2.45) is 7.05 Å². The average Bonchev–Trinajstić information content (AvgIpc) is 3.22. The summed E-state index contributed by atoms with van der Waals surface area (Å²) in [6, 6.07) is 8.79. The first-order valence-corrected chi connectivity index (χ1v) is 10.0. The van der Waals surface area contributed by atoms with Crippen molar-refractivity contribution >= 4 is 29.1 Å². The van der Waals surface area contributed by atoms with Gasteiger partial charge in [-0.3, -0.25) is 9.48 Å². The predicted molar refractivity (Wildman–Crippen MR) is 107 cm³/mol. The Labute approximate surface area is 173 Å². The van der Waals surface area contributed by atoms with Gasteiger partial charge in [-0.15, -0.1) is 0 Å². The van der Waals surface area contributed by atoms with Gasteiger partial charge >= 0.3 is 0 Å². The molecule has 146 valence electrons. The van der Waals surface area contributed by atoms with E-state index in [2.05, 4.69) is 10.3 Å². The molecule has 0 radical (unpaired) electrons. The highest BCUT2D eigenvalue weighted by Crippen LogP contribution is 2.35. The number of hydrogen-bond acceptors (Lipinski definition) is 4. The van der Waals surface area contributed by atoms with Gasteiger partial charge in [-0.25, -0.2) is 0 Å². The number of aryl methyl sites for hydroxylation is 1. The highest BCUT2D eigenvalue weighted by Gasteiger charge is 2.32. The molecule has 1 fully saturated rings. The third-order valence-electron chi connectivity index (χ3n) is 5.11. The second kappa shape index (κ2) is 7.97. The van der Waals surface area contributed by atoms with Crippen LogP contribution >= 0.6 is 23.2 Å². The number of aromatic nitrogens is 3. The van der Waals surface area contributed by atoms with Gasteiger partial charge in [-0.05, 0) is 25.0 Å². The van der Waals surface area contributed by atoms with Gasteiger partial charge in [0.25, 0.3) is 5.91 Å². The number of benzene rings is 1. The number of amides is 1. The molecule has 1 aliphatic heterocycles. The molecular weight excluding hydrogens is 399 g/mol. The Kier molecular flexibility index (Phi) is 5.42. The standard InChI is InChI=1S/C20H20Cl2N4O2/c1-25-19(15(22)12-23-25)17-8-3-2-4-9-26(17)20(27)16-11-18(28-24-16)13-6-5-7-14(21)10-13/h5-7,10-12,17H,2-4,8-9H2,1H3/t17-/m0/s1. The first kappa shape index (κ1) is 19.0. The van der Waals surface area contributed by atoms with E-state index in [9.17, 15) is 4.79 Å². The first-order chi connectivity index (χ1) is 13.5. The van der Waals surface area contributed by atoms with Gasteiger partial charge in [0, 0.05) is 30.2 Å². The van der Waals surface area contributed by atoms with Gasteiger partial charge in [0.2, 0.25) is 0 Å². The van der Waals surface area contributed by atoms with Crippen molar-refractivity contribution in [1.29, 1.82) is 0 Å². The fourth-order valence-corrected chi connectivity index (χ4v) is 4.21. The second-order valence-corrected chi connectivity index (χ2v) is 7.80. The van der Waals surface area contributed by atoms with E-state index in [-0.39, 0.29) is 17.6 Å². The van der Waals surface area contributed by atoms with Crippen LogP contribution in [0, 0.1) is 0 Å². The summed E-state index contributed by atoms with van der Waals surface area (Å²) in [5.74, 6) is 0.344. The number of nitrogens with zero attached hydrogens (tertiary/aromatic N) is 4. The summed E-state index contributed by atoms with van der Waals surface area (Å²) in [5, 5.41) is 9.44. The van der Waals surface area contributed by atoms with Gasteiger partial charge < -0.3 is 9.42 Å². The topological polar surface area (TPSA) is 64.2 Å². The molecule has 1 saturated heterocycles. The van der Waals surface area contributed by atoms with Crippen LogP contribution in [0.25, 0.3) is 11.3 Å².